The van der Waals surface area contributed by atoms with Gasteiger partial charge in [-0.15, -0.1) is 0 Å². The summed E-state index contributed by atoms with van der Waals surface area (Å²) in [6.07, 6.45) is -0.844. The third-order valence-corrected chi connectivity index (χ3v) is 3.08. The smallest absolute Gasteiger partial charge is 0.333 e. The number of hydrogen-bond donors (Lipinski definition) is 1. The highest BCUT2D eigenvalue weighted by Crippen LogP contribution is 2.30. The summed E-state index contributed by atoms with van der Waals surface area (Å²) in [6, 6.07) is 6.10. The van der Waals surface area contributed by atoms with Gasteiger partial charge in [0.25, 0.3) is 0 Å². The van der Waals surface area contributed by atoms with Crippen LogP contribution in [0.15, 0.2) is 18.2 Å². The van der Waals surface area contributed by atoms with Gasteiger partial charge in [-0.3, -0.25) is 0 Å². The van der Waals surface area contributed by atoms with Crippen molar-refractivity contribution in [3.05, 3.63) is 34.9 Å². The molecule has 3 nitrogen and oxygen atoms in total. The highest BCUT2D eigenvalue weighted by atomic mass is 16.5. The summed E-state index contributed by atoms with van der Waals surface area (Å²) < 4.78 is 5.11. The van der Waals surface area contributed by atoms with Crippen LogP contribution in [0.4, 0.5) is 0 Å². The van der Waals surface area contributed by atoms with E-state index in [-0.39, 0.29) is 0 Å². The van der Waals surface area contributed by atoms with Crippen molar-refractivity contribution < 1.29 is 14.6 Å². The molecular weight excluding hydrogens is 216 g/mol. The van der Waals surface area contributed by atoms with Gasteiger partial charge in [-0.2, -0.15) is 0 Å². The van der Waals surface area contributed by atoms with E-state index in [1.165, 1.54) is 7.11 Å². The summed E-state index contributed by atoms with van der Waals surface area (Å²) in [5, 5.41) is 9.18. The molecule has 17 heavy (non-hydrogen) atoms. The van der Waals surface area contributed by atoms with E-state index < -0.39 is 17.5 Å². The van der Waals surface area contributed by atoms with Crippen LogP contribution in [0.25, 0.3) is 0 Å². The van der Waals surface area contributed by atoms with E-state index in [4.69, 9.17) is 4.74 Å². The van der Waals surface area contributed by atoms with Crippen LogP contribution in [0.3, 0.4) is 0 Å². The summed E-state index contributed by atoms with van der Waals surface area (Å²) in [5.41, 5.74) is 2.70. The predicted octanol–water partition coefficient (Wildman–Crippen LogP) is 2.68. The molecule has 0 fully saturated rings. The molecule has 0 bridgehead atoms. The number of carbonyl (C=O) groups is 1. The predicted molar refractivity (Wildman–Crippen MR) is 67.4 cm³/mol. The number of hydrogen-bond acceptors (Lipinski definition) is 2. The van der Waals surface area contributed by atoms with Gasteiger partial charge in [0.1, 0.15) is 0 Å². The lowest BCUT2D eigenvalue weighted by molar-refractivity contribution is -0.152. The van der Waals surface area contributed by atoms with Crippen LogP contribution in [0.5, 0.6) is 0 Å². The van der Waals surface area contributed by atoms with Gasteiger partial charge in [0.05, 0.1) is 0 Å². The summed E-state index contributed by atoms with van der Waals surface area (Å²) in [7, 11) is 1.43. The Kier molecular flexibility index (Phi) is 3.94. The van der Waals surface area contributed by atoms with Crippen LogP contribution in [0.2, 0.25) is 0 Å². The van der Waals surface area contributed by atoms with Crippen molar-refractivity contribution in [2.24, 2.45) is 0 Å². The Morgan fingerprint density at radius 1 is 1.24 bits per heavy atom. The highest BCUT2D eigenvalue weighted by Gasteiger charge is 2.37. The van der Waals surface area contributed by atoms with Crippen molar-refractivity contribution in [3.63, 3.8) is 0 Å². The zero-order valence-electron chi connectivity index (χ0n) is 11.1. The van der Waals surface area contributed by atoms with E-state index in [1.807, 2.05) is 39.8 Å². The fourth-order valence-corrected chi connectivity index (χ4v) is 2.20. The second kappa shape index (κ2) is 4.88. The quantitative estimate of drug-likeness (QED) is 0.874. The average molecular weight is 236 g/mol. The second-order valence-corrected chi connectivity index (χ2v) is 5.05. The van der Waals surface area contributed by atoms with Gasteiger partial charge in [-0.25, -0.2) is 4.79 Å². The van der Waals surface area contributed by atoms with Crippen molar-refractivity contribution in [1.82, 2.24) is 0 Å². The van der Waals surface area contributed by atoms with E-state index in [1.54, 1.807) is 0 Å². The van der Waals surface area contributed by atoms with Gasteiger partial charge < -0.3 is 9.84 Å². The minimum Gasteiger partial charge on any atom is -0.479 e. The SMILES string of the molecule is COC(C(=O)O)C(C)(C)c1cc(C)cc(C)c1. The molecule has 0 heterocycles. The van der Waals surface area contributed by atoms with Gasteiger partial charge in [0.15, 0.2) is 6.10 Å². The van der Waals surface area contributed by atoms with E-state index in [9.17, 15) is 9.90 Å². The normalized spacial score (nSPS) is 13.5. The lowest BCUT2D eigenvalue weighted by atomic mass is 9.78. The maximum Gasteiger partial charge on any atom is 0.333 e. The molecule has 1 unspecified atom stereocenters. The second-order valence-electron chi connectivity index (χ2n) is 5.05. The highest BCUT2D eigenvalue weighted by molar-refractivity contribution is 5.74. The molecular formula is C14H20O3. The topological polar surface area (TPSA) is 46.5 Å². The van der Waals surface area contributed by atoms with Crippen molar-refractivity contribution in [1.29, 1.82) is 0 Å². The fraction of sp³-hybridized carbons (Fsp3) is 0.500. The van der Waals surface area contributed by atoms with Gasteiger partial charge >= 0.3 is 5.97 Å². The molecule has 0 amide bonds. The van der Waals surface area contributed by atoms with Crippen molar-refractivity contribution in [2.75, 3.05) is 7.11 Å². The molecule has 0 saturated heterocycles. The summed E-state index contributed by atoms with van der Waals surface area (Å²) in [6.45, 7) is 7.80. The lowest BCUT2D eigenvalue weighted by Gasteiger charge is -2.31. The first kappa shape index (κ1) is 13.7. The van der Waals surface area contributed by atoms with Crippen molar-refractivity contribution >= 4 is 5.97 Å². The van der Waals surface area contributed by atoms with E-state index in [0.717, 1.165) is 16.7 Å². The zero-order chi connectivity index (χ0) is 13.2. The first-order valence-electron chi connectivity index (χ1n) is 5.63. The van der Waals surface area contributed by atoms with Crippen molar-refractivity contribution in [3.8, 4) is 0 Å². The average Bonchev–Trinajstić information content (AvgIpc) is 2.15. The maximum atomic E-state index is 11.2. The largest absolute Gasteiger partial charge is 0.479 e. The Labute approximate surface area is 102 Å². The zero-order valence-corrected chi connectivity index (χ0v) is 11.1. The van der Waals surface area contributed by atoms with Crippen LogP contribution in [0.1, 0.15) is 30.5 Å². The molecule has 1 rings (SSSR count). The van der Waals surface area contributed by atoms with Crippen molar-refractivity contribution in [2.45, 2.75) is 39.2 Å². The number of benzene rings is 1. The summed E-state index contributed by atoms with van der Waals surface area (Å²) in [4.78, 5) is 11.2. The number of carboxylic acids is 1. The minimum absolute atomic E-state index is 0.558. The number of aryl methyl sites for hydroxylation is 2. The minimum atomic E-state index is -0.934. The Morgan fingerprint density at radius 3 is 2.06 bits per heavy atom. The molecule has 0 radical (unpaired) electrons. The van der Waals surface area contributed by atoms with Gasteiger partial charge in [0, 0.05) is 12.5 Å². The Balaban J connectivity index is 3.23. The van der Waals surface area contributed by atoms with Crippen LogP contribution in [-0.2, 0) is 14.9 Å². The first-order valence-corrected chi connectivity index (χ1v) is 5.63. The molecule has 0 aromatic heterocycles. The Bertz CT molecular complexity index is 401. The Hall–Kier alpha value is -1.35. The number of carboxylic acid groups (broad SMARTS) is 1. The molecule has 1 aromatic rings. The molecule has 1 aromatic carbocycles. The number of ether oxygens (including phenoxy) is 1. The van der Waals surface area contributed by atoms with Crippen LogP contribution >= 0.6 is 0 Å². The first-order chi connectivity index (χ1) is 7.78. The fourth-order valence-electron chi connectivity index (χ4n) is 2.20. The van der Waals surface area contributed by atoms with E-state index in [2.05, 4.69) is 6.07 Å². The molecule has 0 aliphatic carbocycles. The monoisotopic (exact) mass is 236 g/mol. The molecule has 0 saturated carbocycles. The standard InChI is InChI=1S/C14H20O3/c1-9-6-10(2)8-11(7-9)14(3,4)12(17-5)13(15)16/h6-8,12H,1-5H3,(H,15,16). The summed E-state index contributed by atoms with van der Waals surface area (Å²) in [5.74, 6) is -0.934. The van der Waals surface area contributed by atoms with E-state index in [0.29, 0.717) is 0 Å². The summed E-state index contributed by atoms with van der Waals surface area (Å²) >= 11 is 0. The molecule has 94 valence electrons. The molecule has 0 aliphatic heterocycles. The van der Waals surface area contributed by atoms with Crippen LogP contribution in [-0.4, -0.2) is 24.3 Å². The molecule has 3 heteroatoms. The lowest BCUT2D eigenvalue weighted by Crippen LogP contribution is -2.41. The van der Waals surface area contributed by atoms with Gasteiger partial charge in [-0.1, -0.05) is 43.2 Å². The van der Waals surface area contributed by atoms with Crippen LogP contribution < -0.4 is 0 Å². The third kappa shape index (κ3) is 2.86. The number of methoxy groups -OCH3 is 1. The third-order valence-electron chi connectivity index (χ3n) is 3.08. The van der Waals surface area contributed by atoms with Gasteiger partial charge in [0.2, 0.25) is 0 Å². The van der Waals surface area contributed by atoms with E-state index >= 15 is 0 Å². The molecule has 1 atom stereocenters. The molecule has 0 aliphatic rings. The molecule has 0 spiro atoms. The van der Waals surface area contributed by atoms with Crippen LogP contribution in [0, 0.1) is 13.8 Å². The van der Waals surface area contributed by atoms with Gasteiger partial charge in [-0.05, 0) is 19.4 Å². The maximum absolute atomic E-state index is 11.2. The number of rotatable bonds is 4. The molecule has 1 N–H and O–H groups in total. The number of aliphatic carboxylic acids is 1. The Morgan fingerprint density at radius 2 is 1.71 bits per heavy atom.